The highest BCUT2D eigenvalue weighted by Gasteiger charge is 2.08. The third-order valence-corrected chi connectivity index (χ3v) is 3.52. The van der Waals surface area contributed by atoms with Crippen LogP contribution < -0.4 is 10.9 Å². The molecule has 2 rings (SSSR count). The first-order valence-electron chi connectivity index (χ1n) is 7.51. The second kappa shape index (κ2) is 8.08. The van der Waals surface area contributed by atoms with Crippen molar-refractivity contribution in [3.05, 3.63) is 71.0 Å². The second-order valence-electron chi connectivity index (χ2n) is 5.14. The minimum absolute atomic E-state index is 0.0932. The molecular weight excluding hydrogens is 295 g/mol. The molecule has 2 aromatic carbocycles. The zero-order valence-corrected chi connectivity index (χ0v) is 12.9. The van der Waals surface area contributed by atoms with Gasteiger partial charge in [0.15, 0.2) is 0 Å². The van der Waals surface area contributed by atoms with Gasteiger partial charge in [-0.15, -0.1) is 0 Å². The maximum Gasteiger partial charge on any atom is 0.269 e. The van der Waals surface area contributed by atoms with E-state index in [0.717, 1.165) is 12.0 Å². The van der Waals surface area contributed by atoms with Crippen LogP contribution in [0.1, 0.15) is 34.8 Å². The van der Waals surface area contributed by atoms with Gasteiger partial charge in [-0.25, -0.2) is 4.39 Å². The molecule has 0 bridgehead atoms. The molecule has 2 amide bonds. The predicted octanol–water partition coefficient (Wildman–Crippen LogP) is 2.78. The maximum absolute atomic E-state index is 13.4. The summed E-state index contributed by atoms with van der Waals surface area (Å²) in [7, 11) is 0. The van der Waals surface area contributed by atoms with Gasteiger partial charge in [0.05, 0.1) is 0 Å². The number of carbonyl (C=O) groups excluding carboxylic acids is 2. The molecule has 0 aliphatic carbocycles. The standard InChI is InChI=1S/C18H19FN2O2/c1-2-13-7-9-15(10-8-13)18(23)21-20-17(22)12-11-14-5-3-4-6-16(14)19/h3-10H,2,11-12H2,1H3,(H,20,22)(H,21,23). The highest BCUT2D eigenvalue weighted by atomic mass is 19.1. The van der Waals surface area contributed by atoms with Crippen molar-refractivity contribution in [2.45, 2.75) is 26.2 Å². The lowest BCUT2D eigenvalue weighted by atomic mass is 10.1. The van der Waals surface area contributed by atoms with E-state index in [-0.39, 0.29) is 30.5 Å². The summed E-state index contributed by atoms with van der Waals surface area (Å²) in [6.45, 7) is 2.03. The number of carbonyl (C=O) groups is 2. The van der Waals surface area contributed by atoms with Crippen LogP contribution >= 0.6 is 0 Å². The first-order valence-corrected chi connectivity index (χ1v) is 7.51. The van der Waals surface area contributed by atoms with Crippen LogP contribution in [0.4, 0.5) is 4.39 Å². The molecule has 23 heavy (non-hydrogen) atoms. The molecule has 2 aromatic rings. The first-order chi connectivity index (χ1) is 11.1. The molecule has 0 aliphatic heterocycles. The smallest absolute Gasteiger partial charge is 0.269 e. The Hall–Kier alpha value is -2.69. The normalized spacial score (nSPS) is 10.2. The summed E-state index contributed by atoms with van der Waals surface area (Å²) in [6.07, 6.45) is 1.27. The summed E-state index contributed by atoms with van der Waals surface area (Å²) in [5.41, 5.74) is 6.77. The van der Waals surface area contributed by atoms with Crippen LogP contribution in [0, 0.1) is 5.82 Å². The number of amides is 2. The Bertz CT molecular complexity index is 684. The Morgan fingerprint density at radius 2 is 1.70 bits per heavy atom. The Morgan fingerprint density at radius 1 is 1.00 bits per heavy atom. The van der Waals surface area contributed by atoms with Crippen LogP contribution in [0.15, 0.2) is 48.5 Å². The molecule has 0 unspecified atom stereocenters. The molecule has 4 nitrogen and oxygen atoms in total. The Kier molecular flexibility index (Phi) is 5.86. The number of benzene rings is 2. The van der Waals surface area contributed by atoms with E-state index in [1.165, 1.54) is 6.07 Å². The quantitative estimate of drug-likeness (QED) is 0.834. The van der Waals surface area contributed by atoms with E-state index >= 15 is 0 Å². The van der Waals surface area contributed by atoms with Gasteiger partial charge in [-0.1, -0.05) is 37.3 Å². The van der Waals surface area contributed by atoms with Crippen LogP contribution in [0.2, 0.25) is 0 Å². The van der Waals surface area contributed by atoms with Gasteiger partial charge in [0.1, 0.15) is 5.82 Å². The van der Waals surface area contributed by atoms with Gasteiger partial charge in [-0.3, -0.25) is 20.4 Å². The highest BCUT2D eigenvalue weighted by molar-refractivity contribution is 5.95. The minimum atomic E-state index is -0.383. The third kappa shape index (κ3) is 4.92. The number of hydrazine groups is 1. The lowest BCUT2D eigenvalue weighted by Gasteiger charge is -2.08. The molecule has 0 saturated heterocycles. The fourth-order valence-corrected chi connectivity index (χ4v) is 2.10. The first kappa shape index (κ1) is 16.7. The zero-order valence-electron chi connectivity index (χ0n) is 12.9. The van der Waals surface area contributed by atoms with E-state index in [1.54, 1.807) is 30.3 Å². The number of halogens is 1. The summed E-state index contributed by atoms with van der Waals surface area (Å²) in [5, 5.41) is 0. The molecule has 0 spiro atoms. The van der Waals surface area contributed by atoms with E-state index in [1.807, 2.05) is 19.1 Å². The van der Waals surface area contributed by atoms with Crippen molar-refractivity contribution >= 4 is 11.8 Å². The van der Waals surface area contributed by atoms with E-state index in [9.17, 15) is 14.0 Å². The summed E-state index contributed by atoms with van der Waals surface area (Å²) in [5.74, 6) is -1.08. The molecule has 2 N–H and O–H groups in total. The molecule has 0 saturated carbocycles. The van der Waals surface area contributed by atoms with Gasteiger partial charge in [0.25, 0.3) is 5.91 Å². The number of nitrogens with one attached hydrogen (secondary N) is 2. The summed E-state index contributed by atoms with van der Waals surface area (Å²) in [4.78, 5) is 23.6. The number of rotatable bonds is 5. The Morgan fingerprint density at radius 3 is 2.35 bits per heavy atom. The van der Waals surface area contributed by atoms with Crippen molar-refractivity contribution in [2.75, 3.05) is 0 Å². The molecule has 120 valence electrons. The van der Waals surface area contributed by atoms with Crippen molar-refractivity contribution in [1.82, 2.24) is 10.9 Å². The molecule has 0 radical (unpaired) electrons. The molecule has 5 heteroatoms. The number of hydrogen-bond donors (Lipinski definition) is 2. The molecule has 0 aromatic heterocycles. The molecule has 0 heterocycles. The van der Waals surface area contributed by atoms with Crippen LogP contribution in [-0.4, -0.2) is 11.8 Å². The van der Waals surface area contributed by atoms with E-state index in [2.05, 4.69) is 10.9 Å². The SMILES string of the molecule is CCc1ccc(C(=O)NNC(=O)CCc2ccccc2F)cc1. The van der Waals surface area contributed by atoms with Crippen molar-refractivity contribution in [2.24, 2.45) is 0 Å². The average molecular weight is 314 g/mol. The average Bonchev–Trinajstić information content (AvgIpc) is 2.59. The lowest BCUT2D eigenvalue weighted by Crippen LogP contribution is -2.41. The van der Waals surface area contributed by atoms with Crippen molar-refractivity contribution < 1.29 is 14.0 Å². The summed E-state index contributed by atoms with van der Waals surface area (Å²) in [6, 6.07) is 13.5. The number of hydrogen-bond acceptors (Lipinski definition) is 2. The van der Waals surface area contributed by atoms with Gasteiger partial charge in [-0.2, -0.15) is 0 Å². The van der Waals surface area contributed by atoms with Gasteiger partial charge < -0.3 is 0 Å². The largest absolute Gasteiger partial charge is 0.273 e. The Balaban J connectivity index is 1.79. The van der Waals surface area contributed by atoms with E-state index in [0.29, 0.717) is 11.1 Å². The Labute approximate surface area is 134 Å². The minimum Gasteiger partial charge on any atom is -0.273 e. The van der Waals surface area contributed by atoms with Crippen molar-refractivity contribution in [1.29, 1.82) is 0 Å². The van der Waals surface area contributed by atoms with Crippen LogP contribution in [-0.2, 0) is 17.6 Å². The van der Waals surface area contributed by atoms with Crippen molar-refractivity contribution in [3.63, 3.8) is 0 Å². The molecule has 0 atom stereocenters. The summed E-state index contributed by atoms with van der Waals surface area (Å²) >= 11 is 0. The topological polar surface area (TPSA) is 58.2 Å². The molecule has 0 aliphatic rings. The van der Waals surface area contributed by atoms with E-state index < -0.39 is 0 Å². The fourth-order valence-electron chi connectivity index (χ4n) is 2.10. The third-order valence-electron chi connectivity index (χ3n) is 3.52. The van der Waals surface area contributed by atoms with Gasteiger partial charge >= 0.3 is 0 Å². The predicted molar refractivity (Wildman–Crippen MR) is 86.1 cm³/mol. The maximum atomic E-state index is 13.4. The molecular formula is C18H19FN2O2. The van der Waals surface area contributed by atoms with Gasteiger partial charge in [-0.05, 0) is 42.2 Å². The van der Waals surface area contributed by atoms with Gasteiger partial charge in [0, 0.05) is 12.0 Å². The monoisotopic (exact) mass is 314 g/mol. The van der Waals surface area contributed by atoms with Crippen LogP contribution in [0.25, 0.3) is 0 Å². The van der Waals surface area contributed by atoms with Gasteiger partial charge in [0.2, 0.25) is 5.91 Å². The summed E-state index contributed by atoms with van der Waals surface area (Å²) < 4.78 is 13.4. The number of aryl methyl sites for hydroxylation is 2. The second-order valence-corrected chi connectivity index (χ2v) is 5.14. The highest BCUT2D eigenvalue weighted by Crippen LogP contribution is 2.08. The van der Waals surface area contributed by atoms with Crippen LogP contribution in [0.5, 0.6) is 0 Å². The zero-order chi connectivity index (χ0) is 16.7. The molecule has 0 fully saturated rings. The fraction of sp³-hybridized carbons (Fsp3) is 0.222. The van der Waals surface area contributed by atoms with Crippen LogP contribution in [0.3, 0.4) is 0 Å². The van der Waals surface area contributed by atoms with Crippen molar-refractivity contribution in [3.8, 4) is 0 Å². The lowest BCUT2D eigenvalue weighted by molar-refractivity contribution is -0.121. The van der Waals surface area contributed by atoms with E-state index in [4.69, 9.17) is 0 Å².